The van der Waals surface area contributed by atoms with Crippen molar-refractivity contribution < 1.29 is 9.32 Å². The van der Waals surface area contributed by atoms with Crippen LogP contribution in [0.3, 0.4) is 0 Å². The number of hydrogen-bond acceptors (Lipinski definition) is 7. The van der Waals surface area contributed by atoms with Gasteiger partial charge in [0.05, 0.1) is 18.0 Å². The summed E-state index contributed by atoms with van der Waals surface area (Å²) in [5, 5.41) is 9.07. The topological polar surface area (TPSA) is 74.5 Å². The summed E-state index contributed by atoms with van der Waals surface area (Å²) in [4.78, 5) is 21.9. The van der Waals surface area contributed by atoms with Gasteiger partial charge in [0.1, 0.15) is 0 Å². The van der Waals surface area contributed by atoms with E-state index in [1.165, 1.54) is 0 Å². The first-order valence-electron chi connectivity index (χ1n) is 8.74. The number of carbonyl (C=O) groups is 1. The van der Waals surface area contributed by atoms with E-state index in [0.29, 0.717) is 24.8 Å². The van der Waals surface area contributed by atoms with E-state index in [-0.39, 0.29) is 11.9 Å². The number of nitrogens with one attached hydrogen (secondary N) is 1. The Hall–Kier alpha value is -1.77. The first kappa shape index (κ1) is 18.0. The number of hydrogen-bond donors (Lipinski definition) is 1. The minimum atomic E-state index is 0.111. The monoisotopic (exact) mass is 363 g/mol. The summed E-state index contributed by atoms with van der Waals surface area (Å²) in [6.07, 6.45) is 0.956. The first-order valence-corrected chi connectivity index (χ1v) is 9.62. The lowest BCUT2D eigenvalue weighted by molar-refractivity contribution is -0.123. The van der Waals surface area contributed by atoms with E-state index in [1.807, 2.05) is 24.4 Å². The van der Waals surface area contributed by atoms with Crippen molar-refractivity contribution in [1.29, 1.82) is 0 Å². The van der Waals surface area contributed by atoms with Gasteiger partial charge < -0.3 is 9.84 Å². The molecule has 0 bridgehead atoms. The molecule has 25 heavy (non-hydrogen) atoms. The molecule has 1 atom stereocenters. The molecular formula is C17H25N5O2S. The second-order valence-electron chi connectivity index (χ2n) is 6.42. The molecule has 7 nitrogen and oxygen atoms in total. The summed E-state index contributed by atoms with van der Waals surface area (Å²) in [6.45, 7) is 8.78. The SMILES string of the molecule is CCC(C)NC(=O)CN1CCN(Cc2nc(-c3cccs3)no2)CC1. The predicted octanol–water partition coefficient (Wildman–Crippen LogP) is 1.83. The summed E-state index contributed by atoms with van der Waals surface area (Å²) < 4.78 is 5.36. The third-order valence-electron chi connectivity index (χ3n) is 4.42. The second kappa shape index (κ2) is 8.55. The summed E-state index contributed by atoms with van der Waals surface area (Å²) in [5.74, 6) is 1.41. The van der Waals surface area contributed by atoms with Crippen LogP contribution in [0.1, 0.15) is 26.2 Å². The van der Waals surface area contributed by atoms with Crippen LogP contribution in [-0.4, -0.2) is 64.6 Å². The van der Waals surface area contributed by atoms with E-state index < -0.39 is 0 Å². The van der Waals surface area contributed by atoms with Crippen molar-refractivity contribution in [2.24, 2.45) is 0 Å². The van der Waals surface area contributed by atoms with Crippen LogP contribution in [0.2, 0.25) is 0 Å². The maximum Gasteiger partial charge on any atom is 0.241 e. The van der Waals surface area contributed by atoms with E-state index in [2.05, 4.69) is 32.2 Å². The summed E-state index contributed by atoms with van der Waals surface area (Å²) >= 11 is 1.60. The Morgan fingerprint density at radius 1 is 1.36 bits per heavy atom. The number of carbonyl (C=O) groups excluding carboxylic acids is 1. The minimum absolute atomic E-state index is 0.111. The van der Waals surface area contributed by atoms with Gasteiger partial charge >= 0.3 is 0 Å². The molecule has 0 saturated carbocycles. The highest BCUT2D eigenvalue weighted by Crippen LogP contribution is 2.21. The Balaban J connectivity index is 1.43. The zero-order chi connectivity index (χ0) is 17.6. The van der Waals surface area contributed by atoms with E-state index >= 15 is 0 Å². The molecule has 2 aromatic rings. The first-order chi connectivity index (χ1) is 12.1. The van der Waals surface area contributed by atoms with Gasteiger partial charge in [-0.25, -0.2) is 0 Å². The van der Waals surface area contributed by atoms with Crippen LogP contribution in [0.4, 0.5) is 0 Å². The molecule has 1 unspecified atom stereocenters. The number of nitrogens with zero attached hydrogens (tertiary/aromatic N) is 4. The molecule has 136 valence electrons. The second-order valence-corrected chi connectivity index (χ2v) is 7.37. The molecule has 0 radical (unpaired) electrons. The van der Waals surface area contributed by atoms with E-state index in [4.69, 9.17) is 4.52 Å². The quantitative estimate of drug-likeness (QED) is 0.809. The van der Waals surface area contributed by atoms with Crippen molar-refractivity contribution in [2.45, 2.75) is 32.9 Å². The van der Waals surface area contributed by atoms with Gasteiger partial charge in [0.15, 0.2) is 0 Å². The van der Waals surface area contributed by atoms with Crippen molar-refractivity contribution in [3.63, 3.8) is 0 Å². The fourth-order valence-electron chi connectivity index (χ4n) is 2.75. The van der Waals surface area contributed by atoms with Crippen molar-refractivity contribution in [2.75, 3.05) is 32.7 Å². The van der Waals surface area contributed by atoms with Crippen LogP contribution < -0.4 is 5.32 Å². The molecule has 1 fully saturated rings. The zero-order valence-electron chi connectivity index (χ0n) is 14.8. The third kappa shape index (κ3) is 5.10. The van der Waals surface area contributed by atoms with Crippen LogP contribution in [0.25, 0.3) is 10.7 Å². The lowest BCUT2D eigenvalue weighted by atomic mass is 10.2. The Bertz CT molecular complexity index is 664. The van der Waals surface area contributed by atoms with Gasteiger partial charge in [0, 0.05) is 32.2 Å². The normalized spacial score (nSPS) is 17.5. The number of amides is 1. The highest BCUT2D eigenvalue weighted by molar-refractivity contribution is 7.13. The number of rotatable bonds is 7. The highest BCUT2D eigenvalue weighted by Gasteiger charge is 2.21. The molecule has 1 aliphatic heterocycles. The van der Waals surface area contributed by atoms with Gasteiger partial charge in [-0.3, -0.25) is 14.6 Å². The lowest BCUT2D eigenvalue weighted by Gasteiger charge is -2.33. The average Bonchev–Trinajstić information content (AvgIpc) is 3.27. The summed E-state index contributed by atoms with van der Waals surface area (Å²) in [7, 11) is 0. The van der Waals surface area contributed by atoms with Gasteiger partial charge in [-0.05, 0) is 24.8 Å². The molecule has 0 aromatic carbocycles. The molecule has 1 saturated heterocycles. The van der Waals surface area contributed by atoms with Crippen LogP contribution in [0.15, 0.2) is 22.0 Å². The molecule has 2 aromatic heterocycles. The Morgan fingerprint density at radius 3 is 2.80 bits per heavy atom. The van der Waals surface area contributed by atoms with Gasteiger partial charge in [-0.2, -0.15) is 4.98 Å². The molecule has 0 spiro atoms. The highest BCUT2D eigenvalue weighted by atomic mass is 32.1. The number of aromatic nitrogens is 2. The van der Waals surface area contributed by atoms with Crippen molar-refractivity contribution in [3.05, 3.63) is 23.4 Å². The van der Waals surface area contributed by atoms with Crippen LogP contribution in [0.5, 0.6) is 0 Å². The average molecular weight is 363 g/mol. The van der Waals surface area contributed by atoms with Crippen LogP contribution in [0, 0.1) is 0 Å². The molecule has 1 aliphatic rings. The number of piperazine rings is 1. The van der Waals surface area contributed by atoms with Crippen LogP contribution >= 0.6 is 11.3 Å². The predicted molar refractivity (Wildman–Crippen MR) is 97.2 cm³/mol. The van der Waals surface area contributed by atoms with Gasteiger partial charge in [-0.1, -0.05) is 18.1 Å². The van der Waals surface area contributed by atoms with Crippen molar-refractivity contribution in [3.8, 4) is 10.7 Å². The van der Waals surface area contributed by atoms with Crippen molar-refractivity contribution >= 4 is 17.2 Å². The van der Waals surface area contributed by atoms with Gasteiger partial charge in [-0.15, -0.1) is 11.3 Å². The summed E-state index contributed by atoms with van der Waals surface area (Å²) in [5.41, 5.74) is 0. The third-order valence-corrected chi connectivity index (χ3v) is 5.29. The molecule has 3 rings (SSSR count). The maximum absolute atomic E-state index is 12.0. The maximum atomic E-state index is 12.0. The Morgan fingerprint density at radius 2 is 2.12 bits per heavy atom. The molecule has 1 N–H and O–H groups in total. The summed E-state index contributed by atoms with van der Waals surface area (Å²) in [6, 6.07) is 4.21. The minimum Gasteiger partial charge on any atom is -0.353 e. The molecule has 8 heteroatoms. The Labute approximate surface area is 152 Å². The number of thiophene rings is 1. The molecular weight excluding hydrogens is 338 g/mol. The fourth-order valence-corrected chi connectivity index (χ4v) is 3.40. The van der Waals surface area contributed by atoms with Crippen LogP contribution in [-0.2, 0) is 11.3 Å². The van der Waals surface area contributed by atoms with Gasteiger partial charge in [0.25, 0.3) is 0 Å². The van der Waals surface area contributed by atoms with Gasteiger partial charge in [0.2, 0.25) is 17.6 Å². The van der Waals surface area contributed by atoms with Crippen molar-refractivity contribution in [1.82, 2.24) is 25.3 Å². The largest absolute Gasteiger partial charge is 0.353 e. The molecule has 0 aliphatic carbocycles. The smallest absolute Gasteiger partial charge is 0.241 e. The lowest BCUT2D eigenvalue weighted by Crippen LogP contribution is -2.49. The fraction of sp³-hybridized carbons (Fsp3) is 0.588. The van der Waals surface area contributed by atoms with E-state index in [1.54, 1.807) is 11.3 Å². The molecule has 3 heterocycles. The Kier molecular flexibility index (Phi) is 6.17. The standard InChI is InChI=1S/C17H25N5O2S/c1-3-13(2)18-15(23)11-21-6-8-22(9-7-21)12-16-19-17(20-24-16)14-5-4-10-25-14/h4-5,10,13H,3,6-9,11-12H2,1-2H3,(H,18,23). The molecule has 1 amide bonds. The van der Waals surface area contributed by atoms with E-state index in [9.17, 15) is 4.79 Å². The van der Waals surface area contributed by atoms with E-state index in [0.717, 1.165) is 37.5 Å². The zero-order valence-corrected chi connectivity index (χ0v) is 15.6.